The Hall–Kier alpha value is -3.26. The molecule has 1 aliphatic rings. The Kier molecular flexibility index (Phi) is 4.92. The topological polar surface area (TPSA) is 25.8 Å². The maximum atomic E-state index is 4.27. The minimum absolute atomic E-state index is 0.407. The molecule has 2 heteroatoms. The predicted octanol–water partition coefficient (Wildman–Crippen LogP) is 6.54. The predicted molar refractivity (Wildman–Crippen MR) is 122 cm³/mol. The number of nitrogens with zero attached hydrogens (tertiary/aromatic N) is 2. The van der Waals surface area contributed by atoms with Crippen molar-refractivity contribution in [2.45, 2.75) is 37.5 Å². The molecule has 2 aromatic carbocycles. The van der Waals surface area contributed by atoms with Crippen molar-refractivity contribution in [1.82, 2.24) is 9.97 Å². The highest BCUT2D eigenvalue weighted by Crippen LogP contribution is 2.66. The zero-order chi connectivity index (χ0) is 20.5. The van der Waals surface area contributed by atoms with Crippen LogP contribution in [0.5, 0.6) is 0 Å². The van der Waals surface area contributed by atoms with Gasteiger partial charge in [-0.1, -0.05) is 59.7 Å². The molecule has 5 rings (SSSR count). The van der Waals surface area contributed by atoms with E-state index in [1.807, 2.05) is 24.8 Å². The van der Waals surface area contributed by atoms with Crippen LogP contribution >= 0.6 is 0 Å². The fourth-order valence-corrected chi connectivity index (χ4v) is 5.16. The van der Waals surface area contributed by atoms with E-state index in [0.29, 0.717) is 23.7 Å². The van der Waals surface area contributed by atoms with E-state index in [9.17, 15) is 0 Å². The van der Waals surface area contributed by atoms with E-state index < -0.39 is 0 Å². The normalized spacial score (nSPS) is 23.0. The van der Waals surface area contributed by atoms with E-state index >= 15 is 0 Å². The molecular formula is C28H26N2. The van der Waals surface area contributed by atoms with Gasteiger partial charge in [0.05, 0.1) is 0 Å². The number of rotatable bonds is 4. The van der Waals surface area contributed by atoms with Crippen LogP contribution in [0, 0.1) is 13.8 Å². The van der Waals surface area contributed by atoms with E-state index in [0.717, 1.165) is 0 Å². The lowest BCUT2D eigenvalue weighted by atomic mass is 9.49. The van der Waals surface area contributed by atoms with Gasteiger partial charge in [0.15, 0.2) is 0 Å². The van der Waals surface area contributed by atoms with E-state index in [4.69, 9.17) is 0 Å². The van der Waals surface area contributed by atoms with Crippen molar-refractivity contribution in [2.24, 2.45) is 0 Å². The van der Waals surface area contributed by atoms with Crippen molar-refractivity contribution in [2.75, 3.05) is 0 Å². The van der Waals surface area contributed by atoms with Gasteiger partial charge >= 0.3 is 0 Å². The first kappa shape index (κ1) is 18.7. The van der Waals surface area contributed by atoms with Crippen LogP contribution < -0.4 is 0 Å². The highest BCUT2D eigenvalue weighted by Gasteiger charge is 2.52. The Labute approximate surface area is 178 Å². The van der Waals surface area contributed by atoms with Crippen LogP contribution in [-0.2, 0) is 0 Å². The molecule has 1 aliphatic carbocycles. The fourth-order valence-electron chi connectivity index (χ4n) is 5.16. The maximum Gasteiger partial charge on any atom is 0.0270 e. The van der Waals surface area contributed by atoms with Gasteiger partial charge in [0.1, 0.15) is 0 Å². The van der Waals surface area contributed by atoms with Gasteiger partial charge in [0.25, 0.3) is 0 Å². The first-order valence-corrected chi connectivity index (χ1v) is 10.7. The number of hydrogen-bond acceptors (Lipinski definition) is 2. The zero-order valence-corrected chi connectivity index (χ0v) is 17.4. The van der Waals surface area contributed by atoms with Crippen LogP contribution in [0.2, 0.25) is 0 Å². The molecule has 0 radical (unpaired) electrons. The molecule has 0 spiro atoms. The highest BCUT2D eigenvalue weighted by atomic mass is 14.6. The lowest BCUT2D eigenvalue weighted by Gasteiger charge is -2.53. The molecule has 30 heavy (non-hydrogen) atoms. The summed E-state index contributed by atoms with van der Waals surface area (Å²) in [6.45, 7) is 4.31. The Morgan fingerprint density at radius 3 is 0.967 bits per heavy atom. The number of aromatic nitrogens is 2. The van der Waals surface area contributed by atoms with Gasteiger partial charge < -0.3 is 0 Å². The molecule has 4 atom stereocenters. The summed E-state index contributed by atoms with van der Waals surface area (Å²) in [5.74, 6) is 1.66. The number of benzene rings is 2. The molecule has 0 N–H and O–H groups in total. The molecule has 2 aromatic heterocycles. The third-order valence-corrected chi connectivity index (χ3v) is 6.65. The van der Waals surface area contributed by atoms with Gasteiger partial charge in [-0.2, -0.15) is 0 Å². The summed E-state index contributed by atoms with van der Waals surface area (Å²) >= 11 is 0. The first-order chi connectivity index (χ1) is 14.7. The van der Waals surface area contributed by atoms with Crippen molar-refractivity contribution in [3.8, 4) is 0 Å². The monoisotopic (exact) mass is 390 g/mol. The minimum atomic E-state index is 0.407. The van der Waals surface area contributed by atoms with Crippen LogP contribution in [0.25, 0.3) is 0 Å². The average molecular weight is 391 g/mol. The van der Waals surface area contributed by atoms with Crippen LogP contribution in [-0.4, -0.2) is 9.97 Å². The molecule has 2 heterocycles. The minimum Gasteiger partial charge on any atom is -0.265 e. The van der Waals surface area contributed by atoms with Gasteiger partial charge in [0, 0.05) is 24.8 Å². The second-order valence-electron chi connectivity index (χ2n) is 8.49. The van der Waals surface area contributed by atoms with E-state index in [1.165, 1.54) is 33.4 Å². The lowest BCUT2D eigenvalue weighted by molar-refractivity contribution is 0.228. The Morgan fingerprint density at radius 2 is 0.667 bits per heavy atom. The molecule has 1 fully saturated rings. The van der Waals surface area contributed by atoms with Gasteiger partial charge in [-0.3, -0.25) is 9.97 Å². The maximum absolute atomic E-state index is 4.27. The second kappa shape index (κ2) is 7.87. The largest absolute Gasteiger partial charge is 0.265 e. The van der Waals surface area contributed by atoms with Gasteiger partial charge in [-0.15, -0.1) is 0 Å². The average Bonchev–Trinajstić information content (AvgIpc) is 2.77. The summed E-state index contributed by atoms with van der Waals surface area (Å²) < 4.78 is 0. The summed E-state index contributed by atoms with van der Waals surface area (Å²) in [6, 6.07) is 27.0. The van der Waals surface area contributed by atoms with E-state index in [2.05, 4.69) is 96.6 Å². The number of hydrogen-bond donors (Lipinski definition) is 0. The summed E-state index contributed by atoms with van der Waals surface area (Å²) in [7, 11) is 0. The number of pyridine rings is 2. The lowest BCUT2D eigenvalue weighted by Crippen LogP contribution is -2.40. The Bertz CT molecular complexity index is 1010. The molecule has 1 saturated carbocycles. The van der Waals surface area contributed by atoms with Crippen LogP contribution in [0.4, 0.5) is 0 Å². The summed E-state index contributed by atoms with van der Waals surface area (Å²) in [6.07, 6.45) is 7.68. The molecule has 0 bridgehead atoms. The van der Waals surface area contributed by atoms with Gasteiger partial charge in [0.2, 0.25) is 0 Å². The summed E-state index contributed by atoms with van der Waals surface area (Å²) in [5, 5.41) is 0. The molecular weight excluding hydrogens is 364 g/mol. The van der Waals surface area contributed by atoms with Gasteiger partial charge in [-0.25, -0.2) is 0 Å². The molecule has 2 unspecified atom stereocenters. The van der Waals surface area contributed by atoms with Crippen LogP contribution in [0.15, 0.2) is 97.6 Å². The molecule has 0 amide bonds. The quantitative estimate of drug-likeness (QED) is 0.395. The second-order valence-corrected chi connectivity index (χ2v) is 8.49. The van der Waals surface area contributed by atoms with Crippen molar-refractivity contribution >= 4 is 0 Å². The van der Waals surface area contributed by atoms with Crippen molar-refractivity contribution in [3.05, 3.63) is 131 Å². The molecule has 0 saturated heterocycles. The third-order valence-electron chi connectivity index (χ3n) is 6.65. The molecule has 0 aliphatic heterocycles. The third kappa shape index (κ3) is 3.33. The van der Waals surface area contributed by atoms with E-state index in [-0.39, 0.29) is 0 Å². The molecule has 2 nitrogen and oxygen atoms in total. The number of aryl methyl sites for hydroxylation is 2. The van der Waals surface area contributed by atoms with Crippen molar-refractivity contribution in [3.63, 3.8) is 0 Å². The van der Waals surface area contributed by atoms with Crippen molar-refractivity contribution in [1.29, 1.82) is 0 Å². The summed E-state index contributed by atoms with van der Waals surface area (Å²) in [4.78, 5) is 8.54. The standard InChI is InChI=1S/C28H26N2/c1-19-3-7-21(8-4-19)25-26(22-9-5-20(2)6-10-22)28(24-13-17-30-18-14-24)27(25)23-11-15-29-16-12-23/h3-18,25-28H,1-2H3/t25-,26+,27?,28?. The van der Waals surface area contributed by atoms with Crippen LogP contribution in [0.3, 0.4) is 0 Å². The SMILES string of the molecule is Cc1ccc([C@@H]2C(c3ccncc3)C(c3ccncc3)[C@@H]2c2ccc(C)cc2)cc1. The Balaban J connectivity index is 1.67. The zero-order valence-electron chi connectivity index (χ0n) is 17.4. The first-order valence-electron chi connectivity index (χ1n) is 10.7. The molecule has 4 aromatic rings. The van der Waals surface area contributed by atoms with E-state index in [1.54, 1.807) is 0 Å². The highest BCUT2D eigenvalue weighted by molar-refractivity contribution is 5.48. The van der Waals surface area contributed by atoms with Crippen molar-refractivity contribution < 1.29 is 0 Å². The van der Waals surface area contributed by atoms with Crippen LogP contribution in [0.1, 0.15) is 57.1 Å². The fraction of sp³-hybridized carbons (Fsp3) is 0.214. The smallest absolute Gasteiger partial charge is 0.0270 e. The summed E-state index contributed by atoms with van der Waals surface area (Å²) in [5.41, 5.74) is 8.16. The Morgan fingerprint density at radius 1 is 0.400 bits per heavy atom. The molecule has 148 valence electrons. The van der Waals surface area contributed by atoms with Gasteiger partial charge in [-0.05, 0) is 84.0 Å².